The summed E-state index contributed by atoms with van der Waals surface area (Å²) in [6, 6.07) is 37.0. The lowest BCUT2D eigenvalue weighted by molar-refractivity contribution is 0.499. The summed E-state index contributed by atoms with van der Waals surface area (Å²) in [7, 11) is 0. The van der Waals surface area contributed by atoms with Crippen LogP contribution in [0.5, 0.6) is 0 Å². The summed E-state index contributed by atoms with van der Waals surface area (Å²) in [6.45, 7) is 1.47. The fourth-order valence-corrected chi connectivity index (χ4v) is 5.81. The molecule has 0 aromatic heterocycles. The van der Waals surface area contributed by atoms with Crippen LogP contribution < -0.4 is 17.2 Å². The molecular formula is C34H35N3. The van der Waals surface area contributed by atoms with Gasteiger partial charge in [0.15, 0.2) is 0 Å². The summed E-state index contributed by atoms with van der Waals surface area (Å²) < 4.78 is 0. The molecule has 3 nitrogen and oxygen atoms in total. The average Bonchev–Trinajstić information content (AvgIpc) is 3.42. The van der Waals surface area contributed by atoms with Crippen LogP contribution in [0, 0.1) is 5.92 Å². The normalized spacial score (nSPS) is 15.1. The number of hydrogen-bond donors (Lipinski definition) is 3. The van der Waals surface area contributed by atoms with E-state index in [1.54, 1.807) is 0 Å². The second-order valence-electron chi connectivity index (χ2n) is 9.79. The fourth-order valence-electron chi connectivity index (χ4n) is 5.81. The standard InChI is InChI=1S/C34H35N3/c35-22-26-10-4-14-30(19-26)34(31-15-5-11-27(20-31)23-36,32-16-6-12-28(21-32)24-37)33-17-7-13-29(33)18-25-8-2-1-3-9-25/h1-17,19-21,33H,18,22-24,35-37H2. The van der Waals surface area contributed by atoms with Crippen molar-refractivity contribution in [1.29, 1.82) is 0 Å². The molecule has 0 spiro atoms. The summed E-state index contributed by atoms with van der Waals surface area (Å²) in [4.78, 5) is 0. The molecule has 0 saturated carbocycles. The second-order valence-corrected chi connectivity index (χ2v) is 9.79. The zero-order valence-corrected chi connectivity index (χ0v) is 21.2. The van der Waals surface area contributed by atoms with Crippen LogP contribution in [0.3, 0.4) is 0 Å². The topological polar surface area (TPSA) is 78.1 Å². The van der Waals surface area contributed by atoms with Crippen LogP contribution in [-0.4, -0.2) is 0 Å². The van der Waals surface area contributed by atoms with E-state index < -0.39 is 5.41 Å². The van der Waals surface area contributed by atoms with Gasteiger partial charge in [-0.1, -0.05) is 127 Å². The number of hydrogen-bond acceptors (Lipinski definition) is 3. The minimum absolute atomic E-state index is 0.0989. The minimum Gasteiger partial charge on any atom is -0.326 e. The Hall–Kier alpha value is -3.76. The Morgan fingerprint density at radius 1 is 0.541 bits per heavy atom. The molecule has 4 aromatic carbocycles. The SMILES string of the molecule is NCc1cccc(C(c2cccc(CN)c2)(c2cccc(CN)c2)C2C=CC=C2Cc2ccccc2)c1. The van der Waals surface area contributed by atoms with Gasteiger partial charge in [0, 0.05) is 25.6 Å². The van der Waals surface area contributed by atoms with Gasteiger partial charge >= 0.3 is 0 Å². The highest BCUT2D eigenvalue weighted by atomic mass is 14.5. The van der Waals surface area contributed by atoms with Crippen molar-refractivity contribution in [1.82, 2.24) is 0 Å². The zero-order valence-electron chi connectivity index (χ0n) is 21.2. The van der Waals surface area contributed by atoms with Gasteiger partial charge in [0.2, 0.25) is 0 Å². The molecule has 186 valence electrons. The monoisotopic (exact) mass is 485 g/mol. The molecule has 0 heterocycles. The molecule has 1 aliphatic rings. The molecule has 37 heavy (non-hydrogen) atoms. The third-order valence-electron chi connectivity index (χ3n) is 7.58. The van der Waals surface area contributed by atoms with Crippen LogP contribution in [-0.2, 0) is 31.5 Å². The maximum absolute atomic E-state index is 6.16. The predicted molar refractivity (Wildman–Crippen MR) is 154 cm³/mol. The van der Waals surface area contributed by atoms with Gasteiger partial charge in [-0.2, -0.15) is 0 Å². The first-order chi connectivity index (χ1) is 18.2. The first kappa shape index (κ1) is 24.9. The molecule has 1 atom stereocenters. The van der Waals surface area contributed by atoms with E-state index in [2.05, 4.69) is 121 Å². The van der Waals surface area contributed by atoms with E-state index in [9.17, 15) is 0 Å². The summed E-state index contributed by atoms with van der Waals surface area (Å²) in [5.74, 6) is 0.0989. The Morgan fingerprint density at radius 2 is 1.00 bits per heavy atom. The Morgan fingerprint density at radius 3 is 1.46 bits per heavy atom. The van der Waals surface area contributed by atoms with Crippen molar-refractivity contribution < 1.29 is 0 Å². The number of benzene rings is 4. The highest BCUT2D eigenvalue weighted by Crippen LogP contribution is 2.51. The quantitative estimate of drug-likeness (QED) is 0.264. The molecule has 1 aliphatic carbocycles. The Balaban J connectivity index is 1.81. The first-order valence-corrected chi connectivity index (χ1v) is 13.0. The summed E-state index contributed by atoms with van der Waals surface area (Å²) in [6.07, 6.45) is 7.74. The lowest BCUT2D eigenvalue weighted by atomic mass is 9.59. The Kier molecular flexibility index (Phi) is 7.47. The molecule has 0 fully saturated rings. The predicted octanol–water partition coefficient (Wildman–Crippen LogP) is 5.75. The van der Waals surface area contributed by atoms with Crippen molar-refractivity contribution in [3.05, 3.63) is 166 Å². The van der Waals surface area contributed by atoms with Gasteiger partial charge in [0.1, 0.15) is 0 Å². The molecule has 4 aromatic rings. The number of nitrogens with two attached hydrogens (primary N) is 3. The minimum atomic E-state index is -0.491. The van der Waals surface area contributed by atoms with Gasteiger partial charge in [0.25, 0.3) is 0 Å². The largest absolute Gasteiger partial charge is 0.326 e. The Labute approximate surface area is 220 Å². The summed E-state index contributed by atoms with van der Waals surface area (Å²) in [5, 5.41) is 0. The van der Waals surface area contributed by atoms with Crippen molar-refractivity contribution >= 4 is 0 Å². The summed E-state index contributed by atoms with van der Waals surface area (Å²) in [5.41, 5.74) is 27.6. The third kappa shape index (κ3) is 4.82. The van der Waals surface area contributed by atoms with Gasteiger partial charge < -0.3 is 17.2 Å². The summed E-state index contributed by atoms with van der Waals surface area (Å²) >= 11 is 0. The van der Waals surface area contributed by atoms with Gasteiger partial charge in [-0.3, -0.25) is 0 Å². The first-order valence-electron chi connectivity index (χ1n) is 13.0. The maximum atomic E-state index is 6.16. The highest BCUT2D eigenvalue weighted by molar-refractivity contribution is 5.58. The Bertz CT molecular complexity index is 1300. The van der Waals surface area contributed by atoms with Crippen LogP contribution in [0.1, 0.15) is 38.9 Å². The van der Waals surface area contributed by atoms with Crippen molar-refractivity contribution in [2.45, 2.75) is 31.5 Å². The number of allylic oxidation sites excluding steroid dienone is 4. The van der Waals surface area contributed by atoms with Crippen molar-refractivity contribution in [2.75, 3.05) is 0 Å². The van der Waals surface area contributed by atoms with E-state index >= 15 is 0 Å². The van der Waals surface area contributed by atoms with E-state index in [0.29, 0.717) is 19.6 Å². The van der Waals surface area contributed by atoms with Crippen molar-refractivity contribution in [3.63, 3.8) is 0 Å². The highest BCUT2D eigenvalue weighted by Gasteiger charge is 2.45. The van der Waals surface area contributed by atoms with Gasteiger partial charge in [-0.25, -0.2) is 0 Å². The lowest BCUT2D eigenvalue weighted by Gasteiger charge is -2.42. The fraction of sp³-hybridized carbons (Fsp3) is 0.176. The number of rotatable bonds is 9. The second kappa shape index (κ2) is 11.1. The molecular weight excluding hydrogens is 450 g/mol. The lowest BCUT2D eigenvalue weighted by Crippen LogP contribution is -2.38. The molecule has 5 rings (SSSR count). The van der Waals surface area contributed by atoms with Crippen LogP contribution in [0.2, 0.25) is 0 Å². The molecule has 0 bridgehead atoms. The van der Waals surface area contributed by atoms with Gasteiger partial charge in [-0.05, 0) is 45.4 Å². The van der Waals surface area contributed by atoms with E-state index in [1.165, 1.54) is 27.8 Å². The van der Waals surface area contributed by atoms with Crippen LogP contribution in [0.15, 0.2) is 127 Å². The van der Waals surface area contributed by atoms with Gasteiger partial charge in [-0.15, -0.1) is 0 Å². The van der Waals surface area contributed by atoms with E-state index in [1.807, 2.05) is 0 Å². The molecule has 6 N–H and O–H groups in total. The van der Waals surface area contributed by atoms with E-state index in [4.69, 9.17) is 17.2 Å². The van der Waals surface area contributed by atoms with Crippen LogP contribution in [0.4, 0.5) is 0 Å². The van der Waals surface area contributed by atoms with Crippen molar-refractivity contribution in [3.8, 4) is 0 Å². The zero-order chi connectivity index (χ0) is 25.7. The molecule has 3 heteroatoms. The molecule has 0 amide bonds. The molecule has 0 radical (unpaired) electrons. The van der Waals surface area contributed by atoms with E-state index in [0.717, 1.165) is 23.1 Å². The average molecular weight is 486 g/mol. The third-order valence-corrected chi connectivity index (χ3v) is 7.58. The van der Waals surface area contributed by atoms with Crippen LogP contribution in [0.25, 0.3) is 0 Å². The van der Waals surface area contributed by atoms with Gasteiger partial charge in [0.05, 0.1) is 5.41 Å². The smallest absolute Gasteiger partial charge is 0.0551 e. The molecule has 0 saturated heterocycles. The van der Waals surface area contributed by atoms with Crippen molar-refractivity contribution in [2.24, 2.45) is 23.1 Å². The maximum Gasteiger partial charge on any atom is 0.0551 e. The molecule has 0 aliphatic heterocycles. The molecule has 1 unspecified atom stereocenters. The van der Waals surface area contributed by atoms with E-state index in [-0.39, 0.29) is 5.92 Å². The van der Waals surface area contributed by atoms with Crippen LogP contribution >= 0.6 is 0 Å².